The molecule has 0 amide bonds. The summed E-state index contributed by atoms with van der Waals surface area (Å²) in [6.45, 7) is 4.53. The predicted molar refractivity (Wildman–Crippen MR) is 144 cm³/mol. The highest BCUT2D eigenvalue weighted by Crippen LogP contribution is 2.37. The van der Waals surface area contributed by atoms with Crippen LogP contribution in [-0.4, -0.2) is 0 Å². The van der Waals surface area contributed by atoms with Gasteiger partial charge in [-0.2, -0.15) is 0 Å². The van der Waals surface area contributed by atoms with Gasteiger partial charge in [-0.1, -0.05) is 101 Å². The van der Waals surface area contributed by atoms with Crippen LogP contribution in [0, 0.1) is 17.8 Å². The van der Waals surface area contributed by atoms with E-state index in [1.54, 1.807) is 0 Å². The Balaban J connectivity index is 1.33. The molecule has 0 nitrogen and oxygen atoms in total. The number of rotatable bonds is 8. The lowest BCUT2D eigenvalue weighted by Crippen LogP contribution is -2.13. The predicted octanol–water partition coefficient (Wildman–Crippen LogP) is 9.44. The van der Waals surface area contributed by atoms with E-state index in [1.165, 1.54) is 86.1 Å². The lowest BCUT2D eigenvalue weighted by atomic mass is 9.77. The van der Waals surface area contributed by atoms with Crippen LogP contribution in [-0.2, 0) is 6.42 Å². The SMILES string of the molecule is CCCCCC[C@H]1CC[C@H](c2ccc(C#Cc3ccc4cc(CCC)ccc4c3)cc2)CC1. The molecule has 0 heteroatoms. The molecule has 0 aromatic heterocycles. The standard InChI is InChI=1S/C33H40/c1-3-5-6-7-9-26-12-18-30(19-13-26)31-20-14-27(15-21-31)10-11-29-17-23-32-24-28(8-4-2)16-22-33(32)25-29/h14-17,20-26,30H,3-9,12-13,18-19H2,1-2H3/t26-,30-. The lowest BCUT2D eigenvalue weighted by molar-refractivity contribution is 0.302. The van der Waals surface area contributed by atoms with Crippen molar-refractivity contribution in [3.05, 3.63) is 82.9 Å². The maximum absolute atomic E-state index is 3.38. The minimum Gasteiger partial charge on any atom is -0.0654 e. The average molecular weight is 437 g/mol. The Labute approximate surface area is 201 Å². The molecule has 0 saturated heterocycles. The number of unbranched alkanes of at least 4 members (excludes halogenated alkanes) is 3. The molecule has 3 aromatic rings. The van der Waals surface area contributed by atoms with E-state index < -0.39 is 0 Å². The van der Waals surface area contributed by atoms with Crippen LogP contribution in [0.5, 0.6) is 0 Å². The Bertz CT molecular complexity index is 1070. The summed E-state index contributed by atoms with van der Waals surface area (Å²) in [4.78, 5) is 0. The number of aryl methyl sites for hydroxylation is 1. The molecule has 4 rings (SSSR count). The van der Waals surface area contributed by atoms with Crippen molar-refractivity contribution in [2.45, 2.75) is 90.4 Å². The van der Waals surface area contributed by atoms with Crippen molar-refractivity contribution < 1.29 is 0 Å². The number of hydrogen-bond acceptors (Lipinski definition) is 0. The Morgan fingerprint density at radius 2 is 1.36 bits per heavy atom. The van der Waals surface area contributed by atoms with Gasteiger partial charge in [-0.15, -0.1) is 0 Å². The van der Waals surface area contributed by atoms with Gasteiger partial charge in [-0.3, -0.25) is 0 Å². The molecule has 0 radical (unpaired) electrons. The van der Waals surface area contributed by atoms with Crippen molar-refractivity contribution in [2.75, 3.05) is 0 Å². The summed E-state index contributed by atoms with van der Waals surface area (Å²) in [6, 6.07) is 22.5. The van der Waals surface area contributed by atoms with Gasteiger partial charge >= 0.3 is 0 Å². The van der Waals surface area contributed by atoms with Gasteiger partial charge in [-0.25, -0.2) is 0 Å². The lowest BCUT2D eigenvalue weighted by Gasteiger charge is -2.29. The van der Waals surface area contributed by atoms with Crippen molar-refractivity contribution in [2.24, 2.45) is 5.92 Å². The van der Waals surface area contributed by atoms with Crippen LogP contribution in [0.3, 0.4) is 0 Å². The van der Waals surface area contributed by atoms with Crippen LogP contribution in [0.1, 0.15) is 106 Å². The first-order valence-corrected chi connectivity index (χ1v) is 13.4. The van der Waals surface area contributed by atoms with Crippen molar-refractivity contribution >= 4 is 10.8 Å². The molecule has 0 heterocycles. The molecule has 33 heavy (non-hydrogen) atoms. The zero-order valence-electron chi connectivity index (χ0n) is 20.7. The van der Waals surface area contributed by atoms with Crippen LogP contribution in [0.2, 0.25) is 0 Å². The summed E-state index contributed by atoms with van der Waals surface area (Å²) in [6.07, 6.45) is 15.0. The highest BCUT2D eigenvalue weighted by molar-refractivity contribution is 5.84. The van der Waals surface area contributed by atoms with Gasteiger partial charge in [0.1, 0.15) is 0 Å². The Hall–Kier alpha value is -2.52. The smallest absolute Gasteiger partial charge is 0.0255 e. The first-order chi connectivity index (χ1) is 16.2. The molecule has 3 aromatic carbocycles. The third-order valence-electron chi connectivity index (χ3n) is 7.49. The molecule has 1 fully saturated rings. The van der Waals surface area contributed by atoms with E-state index in [1.807, 2.05) is 0 Å². The number of benzene rings is 3. The van der Waals surface area contributed by atoms with Gasteiger partial charge < -0.3 is 0 Å². The molecule has 0 unspecified atom stereocenters. The van der Waals surface area contributed by atoms with Gasteiger partial charge in [0, 0.05) is 11.1 Å². The van der Waals surface area contributed by atoms with Crippen LogP contribution >= 0.6 is 0 Å². The summed E-state index contributed by atoms with van der Waals surface area (Å²) in [7, 11) is 0. The molecule has 172 valence electrons. The second-order valence-corrected chi connectivity index (χ2v) is 10.1. The summed E-state index contributed by atoms with van der Waals surface area (Å²) in [5, 5.41) is 2.59. The van der Waals surface area contributed by atoms with Crippen LogP contribution < -0.4 is 0 Å². The van der Waals surface area contributed by atoms with Crippen LogP contribution in [0.4, 0.5) is 0 Å². The molecule has 1 saturated carbocycles. The van der Waals surface area contributed by atoms with E-state index in [4.69, 9.17) is 0 Å². The zero-order chi connectivity index (χ0) is 22.9. The summed E-state index contributed by atoms with van der Waals surface area (Å²) >= 11 is 0. The van der Waals surface area contributed by atoms with E-state index in [0.29, 0.717) is 0 Å². The van der Waals surface area contributed by atoms with E-state index in [-0.39, 0.29) is 0 Å². The van der Waals surface area contributed by atoms with Crippen molar-refractivity contribution in [1.29, 1.82) is 0 Å². The molecule has 1 aliphatic carbocycles. The molecule has 0 spiro atoms. The highest BCUT2D eigenvalue weighted by atomic mass is 14.3. The fourth-order valence-electron chi connectivity index (χ4n) is 5.44. The van der Waals surface area contributed by atoms with Crippen molar-refractivity contribution in [3.63, 3.8) is 0 Å². The Morgan fingerprint density at radius 1 is 0.667 bits per heavy atom. The minimum absolute atomic E-state index is 0.747. The van der Waals surface area contributed by atoms with Gasteiger partial charge in [0.25, 0.3) is 0 Å². The molecule has 0 aliphatic heterocycles. The minimum atomic E-state index is 0.747. The van der Waals surface area contributed by atoms with Gasteiger partial charge in [0.2, 0.25) is 0 Å². The number of fused-ring (bicyclic) bond motifs is 1. The Kier molecular flexibility index (Phi) is 8.65. The summed E-state index contributed by atoms with van der Waals surface area (Å²) < 4.78 is 0. The normalized spacial score (nSPS) is 18.1. The third-order valence-corrected chi connectivity index (χ3v) is 7.49. The maximum Gasteiger partial charge on any atom is 0.0255 e. The fourth-order valence-corrected chi connectivity index (χ4v) is 5.44. The third kappa shape index (κ3) is 6.74. The maximum atomic E-state index is 3.38. The first kappa shape index (κ1) is 23.6. The molecular weight excluding hydrogens is 396 g/mol. The van der Waals surface area contributed by atoms with Crippen molar-refractivity contribution in [3.8, 4) is 11.8 Å². The second-order valence-electron chi connectivity index (χ2n) is 10.1. The van der Waals surface area contributed by atoms with Gasteiger partial charge in [0.05, 0.1) is 0 Å². The zero-order valence-corrected chi connectivity index (χ0v) is 20.7. The van der Waals surface area contributed by atoms with Crippen LogP contribution in [0.25, 0.3) is 10.8 Å². The number of hydrogen-bond donors (Lipinski definition) is 0. The summed E-state index contributed by atoms with van der Waals surface area (Å²) in [5.74, 6) is 8.48. The topological polar surface area (TPSA) is 0 Å². The first-order valence-electron chi connectivity index (χ1n) is 13.4. The van der Waals surface area contributed by atoms with Gasteiger partial charge in [0.15, 0.2) is 0 Å². The largest absolute Gasteiger partial charge is 0.0654 e. The molecule has 0 bridgehead atoms. The van der Waals surface area contributed by atoms with E-state index in [9.17, 15) is 0 Å². The molecular formula is C33H40. The van der Waals surface area contributed by atoms with E-state index >= 15 is 0 Å². The van der Waals surface area contributed by atoms with Gasteiger partial charge in [-0.05, 0) is 90.1 Å². The fraction of sp³-hybridized carbons (Fsp3) is 0.455. The highest BCUT2D eigenvalue weighted by Gasteiger charge is 2.21. The second kappa shape index (κ2) is 12.1. The average Bonchev–Trinajstić information content (AvgIpc) is 2.86. The Morgan fingerprint density at radius 3 is 2.12 bits per heavy atom. The van der Waals surface area contributed by atoms with E-state index in [2.05, 4.69) is 86.4 Å². The molecule has 0 N–H and O–H groups in total. The monoisotopic (exact) mass is 436 g/mol. The molecule has 1 aliphatic rings. The summed E-state index contributed by atoms with van der Waals surface area (Å²) in [5.41, 5.74) is 5.14. The molecule has 0 atom stereocenters. The van der Waals surface area contributed by atoms with E-state index in [0.717, 1.165) is 29.4 Å². The van der Waals surface area contributed by atoms with Crippen LogP contribution in [0.15, 0.2) is 60.7 Å². The quantitative estimate of drug-likeness (QED) is 0.244. The van der Waals surface area contributed by atoms with Crippen molar-refractivity contribution in [1.82, 2.24) is 0 Å².